The summed E-state index contributed by atoms with van der Waals surface area (Å²) < 4.78 is 6.77. The molecule has 0 unspecified atom stereocenters. The number of methoxy groups -OCH3 is 1. The number of hydrogen-bond donors (Lipinski definition) is 0. The van der Waals surface area contributed by atoms with Gasteiger partial charge in [0, 0.05) is 27.3 Å². The maximum atomic E-state index is 11.0. The topological polar surface area (TPSA) is 31.2 Å². The van der Waals surface area contributed by atoms with Crippen molar-refractivity contribution in [3.05, 3.63) is 23.5 Å². The molecule has 0 saturated carbocycles. The van der Waals surface area contributed by atoms with Crippen LogP contribution >= 0.6 is 0 Å². The Morgan fingerprint density at radius 3 is 2.75 bits per heavy atom. The molecule has 0 aliphatic rings. The molecule has 0 amide bonds. The van der Waals surface area contributed by atoms with Crippen molar-refractivity contribution in [2.45, 2.75) is 13.5 Å². The van der Waals surface area contributed by atoms with Gasteiger partial charge < -0.3 is 9.30 Å². The van der Waals surface area contributed by atoms with E-state index in [9.17, 15) is 4.79 Å². The number of rotatable bonds is 3. The highest BCUT2D eigenvalue weighted by molar-refractivity contribution is 5.92. The summed E-state index contributed by atoms with van der Waals surface area (Å²) in [7, 11) is 3.50. The molecule has 66 valence electrons. The first kappa shape index (κ1) is 9.00. The van der Waals surface area contributed by atoms with Crippen LogP contribution in [0.25, 0.3) is 0 Å². The SMILES string of the molecule is COCc1cc(C(C)=O)n(C)c1. The Kier molecular flexibility index (Phi) is 2.65. The molecule has 3 heteroatoms. The fraction of sp³-hybridized carbons (Fsp3) is 0.444. The average molecular weight is 167 g/mol. The number of ketones is 1. The van der Waals surface area contributed by atoms with E-state index in [1.165, 1.54) is 0 Å². The van der Waals surface area contributed by atoms with E-state index in [0.717, 1.165) is 11.3 Å². The second kappa shape index (κ2) is 3.54. The number of ether oxygens (including phenoxy) is 1. The van der Waals surface area contributed by atoms with E-state index in [4.69, 9.17) is 4.74 Å². The Bertz CT molecular complexity index is 289. The molecule has 0 fully saturated rings. The molecular formula is C9H13NO2. The summed E-state index contributed by atoms with van der Waals surface area (Å²) in [6.45, 7) is 2.12. The van der Waals surface area contributed by atoms with E-state index in [1.807, 2.05) is 23.9 Å². The molecule has 0 saturated heterocycles. The van der Waals surface area contributed by atoms with Crippen LogP contribution in [0.4, 0.5) is 0 Å². The first-order valence-corrected chi connectivity index (χ1v) is 3.80. The van der Waals surface area contributed by atoms with E-state index in [2.05, 4.69) is 0 Å². The second-order valence-electron chi connectivity index (χ2n) is 2.83. The third-order valence-electron chi connectivity index (χ3n) is 1.73. The van der Waals surface area contributed by atoms with Crippen molar-refractivity contribution in [2.24, 2.45) is 7.05 Å². The molecule has 1 rings (SSSR count). The summed E-state index contributed by atoms with van der Waals surface area (Å²) in [5.74, 6) is 0.0832. The molecule has 0 aliphatic carbocycles. The number of hydrogen-bond acceptors (Lipinski definition) is 2. The van der Waals surface area contributed by atoms with Crippen molar-refractivity contribution in [1.82, 2.24) is 4.57 Å². The van der Waals surface area contributed by atoms with Crippen LogP contribution in [0, 0.1) is 0 Å². The van der Waals surface area contributed by atoms with Crippen molar-refractivity contribution in [2.75, 3.05) is 7.11 Å². The smallest absolute Gasteiger partial charge is 0.176 e. The standard InChI is InChI=1S/C9H13NO2/c1-7(11)9-4-8(6-12-3)5-10(9)2/h4-5H,6H2,1-3H3. The van der Waals surface area contributed by atoms with Crippen LogP contribution in [0.1, 0.15) is 23.0 Å². The van der Waals surface area contributed by atoms with E-state index in [0.29, 0.717) is 6.61 Å². The lowest BCUT2D eigenvalue weighted by molar-refractivity contribution is 0.101. The van der Waals surface area contributed by atoms with Crippen LogP contribution in [0.2, 0.25) is 0 Å². The minimum atomic E-state index is 0.0832. The Morgan fingerprint density at radius 1 is 1.67 bits per heavy atom. The fourth-order valence-corrected chi connectivity index (χ4v) is 1.23. The lowest BCUT2D eigenvalue weighted by atomic mass is 10.3. The number of carbonyl (C=O) groups excluding carboxylic acids is 1. The predicted octanol–water partition coefficient (Wildman–Crippen LogP) is 1.37. The zero-order valence-electron chi connectivity index (χ0n) is 7.63. The highest BCUT2D eigenvalue weighted by atomic mass is 16.5. The van der Waals surface area contributed by atoms with E-state index < -0.39 is 0 Å². The van der Waals surface area contributed by atoms with Gasteiger partial charge in [0.15, 0.2) is 5.78 Å². The zero-order chi connectivity index (χ0) is 9.14. The van der Waals surface area contributed by atoms with Gasteiger partial charge in [-0.15, -0.1) is 0 Å². The molecular weight excluding hydrogens is 154 g/mol. The van der Waals surface area contributed by atoms with E-state index >= 15 is 0 Å². The van der Waals surface area contributed by atoms with E-state index in [1.54, 1.807) is 14.0 Å². The summed E-state index contributed by atoms with van der Waals surface area (Å²) in [5.41, 5.74) is 1.76. The van der Waals surface area contributed by atoms with Gasteiger partial charge in [0.25, 0.3) is 0 Å². The lowest BCUT2D eigenvalue weighted by Crippen LogP contribution is -1.99. The fourth-order valence-electron chi connectivity index (χ4n) is 1.23. The Morgan fingerprint density at radius 2 is 2.33 bits per heavy atom. The second-order valence-corrected chi connectivity index (χ2v) is 2.83. The van der Waals surface area contributed by atoms with Gasteiger partial charge in [0.1, 0.15) is 0 Å². The highest BCUT2D eigenvalue weighted by Crippen LogP contribution is 2.08. The highest BCUT2D eigenvalue weighted by Gasteiger charge is 2.06. The minimum Gasteiger partial charge on any atom is -0.380 e. The summed E-state index contributed by atoms with van der Waals surface area (Å²) in [6, 6.07) is 1.85. The molecule has 0 aromatic carbocycles. The Balaban J connectivity index is 2.92. The monoisotopic (exact) mass is 167 g/mol. The molecule has 12 heavy (non-hydrogen) atoms. The van der Waals surface area contributed by atoms with Crippen molar-refractivity contribution in [3.8, 4) is 0 Å². The third-order valence-corrected chi connectivity index (χ3v) is 1.73. The van der Waals surface area contributed by atoms with Crippen LogP contribution in [0.15, 0.2) is 12.3 Å². The number of aryl methyl sites for hydroxylation is 1. The molecule has 1 aromatic heterocycles. The normalized spacial score (nSPS) is 10.2. The molecule has 0 aliphatic heterocycles. The summed E-state index contributed by atoms with van der Waals surface area (Å²) >= 11 is 0. The van der Waals surface area contributed by atoms with Crippen LogP contribution in [-0.2, 0) is 18.4 Å². The van der Waals surface area contributed by atoms with Crippen molar-refractivity contribution in [3.63, 3.8) is 0 Å². The van der Waals surface area contributed by atoms with Gasteiger partial charge in [-0.1, -0.05) is 0 Å². The van der Waals surface area contributed by atoms with Gasteiger partial charge in [-0.2, -0.15) is 0 Å². The van der Waals surface area contributed by atoms with Gasteiger partial charge in [-0.3, -0.25) is 4.79 Å². The largest absolute Gasteiger partial charge is 0.380 e. The summed E-state index contributed by atoms with van der Waals surface area (Å²) in [5, 5.41) is 0. The Labute approximate surface area is 72.0 Å². The maximum absolute atomic E-state index is 11.0. The molecule has 0 N–H and O–H groups in total. The van der Waals surface area contributed by atoms with Crippen molar-refractivity contribution in [1.29, 1.82) is 0 Å². The summed E-state index contributed by atoms with van der Waals surface area (Å²) in [6.07, 6.45) is 1.90. The minimum absolute atomic E-state index is 0.0832. The van der Waals surface area contributed by atoms with Crippen molar-refractivity contribution >= 4 is 5.78 Å². The molecule has 0 radical (unpaired) electrons. The Hall–Kier alpha value is -1.09. The van der Waals surface area contributed by atoms with Gasteiger partial charge in [0.05, 0.1) is 12.3 Å². The van der Waals surface area contributed by atoms with E-state index in [-0.39, 0.29) is 5.78 Å². The van der Waals surface area contributed by atoms with Gasteiger partial charge in [-0.25, -0.2) is 0 Å². The first-order chi connectivity index (χ1) is 5.65. The van der Waals surface area contributed by atoms with Gasteiger partial charge >= 0.3 is 0 Å². The lowest BCUT2D eigenvalue weighted by Gasteiger charge is -1.94. The quantitative estimate of drug-likeness (QED) is 0.637. The molecule has 3 nitrogen and oxygen atoms in total. The van der Waals surface area contributed by atoms with Gasteiger partial charge in [0.2, 0.25) is 0 Å². The molecule has 1 heterocycles. The van der Waals surface area contributed by atoms with Crippen LogP contribution in [0.3, 0.4) is 0 Å². The van der Waals surface area contributed by atoms with Crippen molar-refractivity contribution < 1.29 is 9.53 Å². The average Bonchev–Trinajstić information content (AvgIpc) is 2.32. The van der Waals surface area contributed by atoms with Crippen LogP contribution in [0.5, 0.6) is 0 Å². The third kappa shape index (κ3) is 1.74. The molecule has 1 aromatic rings. The summed E-state index contributed by atoms with van der Waals surface area (Å²) in [4.78, 5) is 11.0. The number of Topliss-reactive ketones (excluding diaryl/α,β-unsaturated/α-hetero) is 1. The maximum Gasteiger partial charge on any atom is 0.176 e. The van der Waals surface area contributed by atoms with Gasteiger partial charge in [-0.05, 0) is 11.6 Å². The number of nitrogens with zero attached hydrogens (tertiary/aromatic N) is 1. The number of aromatic nitrogens is 1. The zero-order valence-corrected chi connectivity index (χ0v) is 7.63. The molecule has 0 atom stereocenters. The van der Waals surface area contributed by atoms with Crippen LogP contribution < -0.4 is 0 Å². The molecule has 0 bridgehead atoms. The predicted molar refractivity (Wildman–Crippen MR) is 46.1 cm³/mol. The number of carbonyl (C=O) groups is 1. The first-order valence-electron chi connectivity index (χ1n) is 3.80. The van der Waals surface area contributed by atoms with Crippen LogP contribution in [-0.4, -0.2) is 17.5 Å². The molecule has 0 spiro atoms.